The van der Waals surface area contributed by atoms with E-state index in [1.54, 1.807) is 30.5 Å². The Kier molecular flexibility index (Phi) is 4.55. The molecule has 0 atom stereocenters. The van der Waals surface area contributed by atoms with Crippen molar-refractivity contribution in [2.45, 2.75) is 13.5 Å². The van der Waals surface area contributed by atoms with Gasteiger partial charge in [-0.1, -0.05) is 23.2 Å². The molecule has 24 heavy (non-hydrogen) atoms. The lowest BCUT2D eigenvalue weighted by Gasteiger charge is -2.11. The van der Waals surface area contributed by atoms with E-state index in [1.807, 2.05) is 6.92 Å². The van der Waals surface area contributed by atoms with Crippen molar-refractivity contribution in [3.8, 4) is 0 Å². The topological polar surface area (TPSA) is 64.0 Å². The molecule has 0 saturated carbocycles. The Morgan fingerprint density at radius 1 is 1.25 bits per heavy atom. The van der Waals surface area contributed by atoms with Gasteiger partial charge in [0.2, 0.25) is 0 Å². The fourth-order valence-corrected chi connectivity index (χ4v) is 2.78. The Morgan fingerprint density at radius 3 is 2.79 bits per heavy atom. The van der Waals surface area contributed by atoms with Crippen LogP contribution in [0, 0.1) is 0 Å². The first-order valence-corrected chi connectivity index (χ1v) is 8.02. The van der Waals surface area contributed by atoms with Crippen LogP contribution in [0.2, 0.25) is 10.0 Å². The van der Waals surface area contributed by atoms with Gasteiger partial charge < -0.3 is 5.32 Å². The van der Waals surface area contributed by atoms with E-state index >= 15 is 0 Å². The van der Waals surface area contributed by atoms with Gasteiger partial charge in [0.1, 0.15) is 11.2 Å². The molecule has 0 bridgehead atoms. The Morgan fingerprint density at radius 2 is 2.04 bits per heavy atom. The maximum atomic E-state index is 12.6. The molecule has 0 spiro atoms. The smallest absolute Gasteiger partial charge is 0.265 e. The van der Waals surface area contributed by atoms with Gasteiger partial charge in [0, 0.05) is 23.2 Å². The average molecular weight is 362 g/mol. The van der Waals surface area contributed by atoms with E-state index in [4.69, 9.17) is 23.2 Å². The zero-order chi connectivity index (χ0) is 17.3. The molecule has 0 aliphatic carbocycles. The number of anilines is 1. The normalized spacial score (nSPS) is 10.8. The number of pyridine rings is 2. The second-order valence-corrected chi connectivity index (χ2v) is 5.95. The molecule has 0 unspecified atom stereocenters. The SMILES string of the molecule is CCn1c(=O)c(C(=O)Nc2cc(Cl)ccc2Cl)cc2cccnc21. The monoisotopic (exact) mass is 361 g/mol. The number of benzene rings is 1. The molecular weight excluding hydrogens is 349 g/mol. The Labute approximate surface area is 147 Å². The van der Waals surface area contributed by atoms with Gasteiger partial charge in [0.25, 0.3) is 11.5 Å². The second kappa shape index (κ2) is 6.63. The second-order valence-electron chi connectivity index (χ2n) is 5.10. The fraction of sp³-hybridized carbons (Fsp3) is 0.118. The highest BCUT2D eigenvalue weighted by Gasteiger charge is 2.17. The Hall–Kier alpha value is -2.37. The Bertz CT molecular complexity index is 999. The number of aromatic nitrogens is 2. The number of amides is 1. The predicted octanol–water partition coefficient (Wildman–Crippen LogP) is 3.98. The van der Waals surface area contributed by atoms with Crippen molar-refractivity contribution < 1.29 is 4.79 Å². The zero-order valence-corrected chi connectivity index (χ0v) is 14.2. The minimum atomic E-state index is -0.544. The van der Waals surface area contributed by atoms with E-state index in [0.717, 1.165) is 0 Å². The van der Waals surface area contributed by atoms with Crippen LogP contribution in [0.25, 0.3) is 11.0 Å². The first-order chi connectivity index (χ1) is 11.5. The minimum absolute atomic E-state index is 0.0217. The first-order valence-electron chi connectivity index (χ1n) is 7.26. The lowest BCUT2D eigenvalue weighted by atomic mass is 10.2. The zero-order valence-electron chi connectivity index (χ0n) is 12.7. The van der Waals surface area contributed by atoms with Crippen molar-refractivity contribution in [3.05, 3.63) is 68.6 Å². The third-order valence-corrected chi connectivity index (χ3v) is 4.15. The molecule has 0 saturated heterocycles. The summed E-state index contributed by atoms with van der Waals surface area (Å²) in [5.74, 6) is -0.544. The molecule has 2 aromatic heterocycles. The molecule has 0 fully saturated rings. The summed E-state index contributed by atoms with van der Waals surface area (Å²) in [7, 11) is 0. The molecule has 0 aliphatic rings. The van der Waals surface area contributed by atoms with Crippen molar-refractivity contribution >= 4 is 45.8 Å². The largest absolute Gasteiger partial charge is 0.320 e. The lowest BCUT2D eigenvalue weighted by molar-refractivity contribution is 0.102. The van der Waals surface area contributed by atoms with Gasteiger partial charge in [-0.3, -0.25) is 14.2 Å². The molecule has 5 nitrogen and oxygen atoms in total. The van der Waals surface area contributed by atoms with E-state index in [1.165, 1.54) is 16.7 Å². The van der Waals surface area contributed by atoms with Crippen LogP contribution in [-0.2, 0) is 6.54 Å². The van der Waals surface area contributed by atoms with E-state index < -0.39 is 11.5 Å². The number of halogens is 2. The molecule has 1 N–H and O–H groups in total. The highest BCUT2D eigenvalue weighted by Crippen LogP contribution is 2.25. The first kappa shape index (κ1) is 16.5. The molecule has 7 heteroatoms. The summed E-state index contributed by atoms with van der Waals surface area (Å²) in [5, 5.41) is 4.12. The highest BCUT2D eigenvalue weighted by atomic mass is 35.5. The van der Waals surface area contributed by atoms with E-state index in [-0.39, 0.29) is 5.56 Å². The quantitative estimate of drug-likeness (QED) is 0.767. The van der Waals surface area contributed by atoms with E-state index in [9.17, 15) is 9.59 Å². The van der Waals surface area contributed by atoms with Gasteiger partial charge in [-0.25, -0.2) is 4.98 Å². The number of nitrogens with zero attached hydrogens (tertiary/aromatic N) is 2. The molecule has 3 aromatic rings. The van der Waals surface area contributed by atoms with Crippen molar-refractivity contribution in [1.29, 1.82) is 0 Å². The number of nitrogens with one attached hydrogen (secondary N) is 1. The number of hydrogen-bond acceptors (Lipinski definition) is 3. The molecule has 0 radical (unpaired) electrons. The van der Waals surface area contributed by atoms with Gasteiger partial charge in [-0.05, 0) is 43.3 Å². The molecular formula is C17H13Cl2N3O2. The fourth-order valence-electron chi connectivity index (χ4n) is 2.45. The number of aryl methyl sites for hydroxylation is 1. The van der Waals surface area contributed by atoms with Gasteiger partial charge in [0.15, 0.2) is 0 Å². The summed E-state index contributed by atoms with van der Waals surface area (Å²) in [4.78, 5) is 29.4. The highest BCUT2D eigenvalue weighted by molar-refractivity contribution is 6.35. The van der Waals surface area contributed by atoms with Crippen molar-refractivity contribution in [2.24, 2.45) is 0 Å². The van der Waals surface area contributed by atoms with Crippen LogP contribution >= 0.6 is 23.2 Å². The van der Waals surface area contributed by atoms with Crippen LogP contribution < -0.4 is 10.9 Å². The third kappa shape index (κ3) is 3.00. The van der Waals surface area contributed by atoms with Crippen molar-refractivity contribution in [2.75, 3.05) is 5.32 Å². The van der Waals surface area contributed by atoms with Crippen LogP contribution in [0.5, 0.6) is 0 Å². The van der Waals surface area contributed by atoms with Crippen LogP contribution in [-0.4, -0.2) is 15.5 Å². The predicted molar refractivity (Wildman–Crippen MR) is 96.1 cm³/mol. The molecule has 1 aromatic carbocycles. The number of hydrogen-bond donors (Lipinski definition) is 1. The third-order valence-electron chi connectivity index (χ3n) is 3.59. The summed E-state index contributed by atoms with van der Waals surface area (Å²) in [5.41, 5.74) is 0.512. The summed E-state index contributed by atoms with van der Waals surface area (Å²) in [6.07, 6.45) is 1.61. The van der Waals surface area contributed by atoms with Crippen molar-refractivity contribution in [3.63, 3.8) is 0 Å². The maximum Gasteiger partial charge on any atom is 0.265 e. The van der Waals surface area contributed by atoms with E-state index in [0.29, 0.717) is 33.3 Å². The molecule has 3 rings (SSSR count). The van der Waals surface area contributed by atoms with Crippen LogP contribution in [0.3, 0.4) is 0 Å². The standard InChI is InChI=1S/C17H13Cl2N3O2/c1-2-22-15-10(4-3-7-20-15)8-12(17(22)24)16(23)21-14-9-11(18)5-6-13(14)19/h3-9H,2H2,1H3,(H,21,23). The summed E-state index contributed by atoms with van der Waals surface area (Å²) in [6, 6.07) is 9.81. The Balaban J connectivity index is 2.09. The van der Waals surface area contributed by atoms with Gasteiger partial charge in [-0.2, -0.15) is 0 Å². The minimum Gasteiger partial charge on any atom is -0.320 e. The number of carbonyl (C=O) groups excluding carboxylic acids is 1. The van der Waals surface area contributed by atoms with Crippen molar-refractivity contribution in [1.82, 2.24) is 9.55 Å². The van der Waals surface area contributed by atoms with Gasteiger partial charge in [0.05, 0.1) is 10.7 Å². The summed E-state index contributed by atoms with van der Waals surface area (Å²) < 4.78 is 1.46. The lowest BCUT2D eigenvalue weighted by Crippen LogP contribution is -2.29. The molecule has 2 heterocycles. The van der Waals surface area contributed by atoms with Gasteiger partial charge in [-0.15, -0.1) is 0 Å². The number of fused-ring (bicyclic) bond motifs is 1. The van der Waals surface area contributed by atoms with E-state index in [2.05, 4.69) is 10.3 Å². The van der Waals surface area contributed by atoms with Crippen LogP contribution in [0.15, 0.2) is 47.4 Å². The maximum absolute atomic E-state index is 12.6. The molecule has 1 amide bonds. The number of carbonyl (C=O) groups is 1. The molecule has 122 valence electrons. The van der Waals surface area contributed by atoms with Gasteiger partial charge >= 0.3 is 0 Å². The average Bonchev–Trinajstić information content (AvgIpc) is 2.57. The summed E-state index contributed by atoms with van der Waals surface area (Å²) in [6.45, 7) is 2.23. The molecule has 0 aliphatic heterocycles. The number of rotatable bonds is 3. The van der Waals surface area contributed by atoms with Crippen LogP contribution in [0.1, 0.15) is 17.3 Å². The van der Waals surface area contributed by atoms with Crippen LogP contribution in [0.4, 0.5) is 5.69 Å². The summed E-state index contributed by atoms with van der Waals surface area (Å²) >= 11 is 12.0.